The van der Waals surface area contributed by atoms with E-state index in [4.69, 9.17) is 5.73 Å². The highest BCUT2D eigenvalue weighted by Crippen LogP contribution is 2.24. The van der Waals surface area contributed by atoms with Gasteiger partial charge in [0, 0.05) is 0 Å². The highest BCUT2D eigenvalue weighted by atomic mass is 16.1. The summed E-state index contributed by atoms with van der Waals surface area (Å²) in [5.74, 6) is 0.172. The van der Waals surface area contributed by atoms with E-state index in [2.05, 4.69) is 13.8 Å². The Hall–Kier alpha value is -1.31. The Kier molecular flexibility index (Phi) is 4.35. The Morgan fingerprint density at radius 1 is 1.33 bits per heavy atom. The van der Waals surface area contributed by atoms with Gasteiger partial charge in [-0.1, -0.05) is 50.6 Å². The molecule has 0 fully saturated rings. The quantitative estimate of drug-likeness (QED) is 0.789. The molecule has 15 heavy (non-hydrogen) atoms. The van der Waals surface area contributed by atoms with Crippen molar-refractivity contribution in [1.29, 1.82) is 0 Å². The number of amides is 1. The predicted octanol–water partition coefficient (Wildman–Crippen LogP) is 2.69. The van der Waals surface area contributed by atoms with E-state index in [1.807, 2.05) is 30.3 Å². The summed E-state index contributed by atoms with van der Waals surface area (Å²) in [7, 11) is 0. The lowest BCUT2D eigenvalue weighted by atomic mass is 9.88. The molecule has 0 bridgehead atoms. The Bertz CT molecular complexity index is 308. The first kappa shape index (κ1) is 11.8. The SMILES string of the molecule is CCC(C)CC(C(N)=O)c1ccccc1. The van der Waals surface area contributed by atoms with E-state index in [-0.39, 0.29) is 11.8 Å². The van der Waals surface area contributed by atoms with Gasteiger partial charge in [0.2, 0.25) is 5.91 Å². The predicted molar refractivity (Wildman–Crippen MR) is 62.4 cm³/mol. The topological polar surface area (TPSA) is 43.1 Å². The number of hydrogen-bond acceptors (Lipinski definition) is 1. The molecule has 82 valence electrons. The molecule has 2 N–H and O–H groups in total. The van der Waals surface area contributed by atoms with Crippen molar-refractivity contribution in [3.8, 4) is 0 Å². The highest BCUT2D eigenvalue weighted by Gasteiger charge is 2.19. The van der Waals surface area contributed by atoms with Gasteiger partial charge in [0.05, 0.1) is 5.92 Å². The number of benzene rings is 1. The summed E-state index contributed by atoms with van der Waals surface area (Å²) < 4.78 is 0. The summed E-state index contributed by atoms with van der Waals surface area (Å²) in [6.07, 6.45) is 1.92. The van der Waals surface area contributed by atoms with Crippen LogP contribution < -0.4 is 5.73 Å². The molecule has 0 saturated heterocycles. The van der Waals surface area contributed by atoms with Crippen LogP contribution in [0.1, 0.15) is 38.2 Å². The summed E-state index contributed by atoms with van der Waals surface area (Å²) in [5, 5.41) is 0. The molecule has 2 atom stereocenters. The van der Waals surface area contributed by atoms with E-state index >= 15 is 0 Å². The normalized spacial score (nSPS) is 14.5. The fourth-order valence-electron chi connectivity index (χ4n) is 1.67. The van der Waals surface area contributed by atoms with Gasteiger partial charge >= 0.3 is 0 Å². The van der Waals surface area contributed by atoms with Gasteiger partial charge in [0.25, 0.3) is 0 Å². The zero-order valence-corrected chi connectivity index (χ0v) is 9.44. The Morgan fingerprint density at radius 2 is 1.93 bits per heavy atom. The lowest BCUT2D eigenvalue weighted by Gasteiger charge is -2.17. The second kappa shape index (κ2) is 5.54. The van der Waals surface area contributed by atoms with Crippen LogP contribution in [0.3, 0.4) is 0 Å². The van der Waals surface area contributed by atoms with Crippen LogP contribution >= 0.6 is 0 Å². The van der Waals surface area contributed by atoms with Crippen LogP contribution in [0.15, 0.2) is 30.3 Å². The zero-order chi connectivity index (χ0) is 11.3. The lowest BCUT2D eigenvalue weighted by molar-refractivity contribution is -0.119. The summed E-state index contributed by atoms with van der Waals surface area (Å²) in [5.41, 5.74) is 6.47. The third-order valence-electron chi connectivity index (χ3n) is 2.88. The molecule has 1 aromatic rings. The van der Waals surface area contributed by atoms with Crippen LogP contribution in [0.2, 0.25) is 0 Å². The molecule has 0 aromatic heterocycles. The third kappa shape index (κ3) is 3.39. The van der Waals surface area contributed by atoms with Crippen molar-refractivity contribution in [1.82, 2.24) is 0 Å². The standard InChI is InChI=1S/C13H19NO/c1-3-10(2)9-12(13(14)15)11-7-5-4-6-8-11/h4-8,10,12H,3,9H2,1-2H3,(H2,14,15). The molecule has 0 spiro atoms. The van der Waals surface area contributed by atoms with Gasteiger partial charge in [-0.05, 0) is 17.9 Å². The van der Waals surface area contributed by atoms with Crippen molar-refractivity contribution in [3.63, 3.8) is 0 Å². The molecule has 0 saturated carbocycles. The minimum absolute atomic E-state index is 0.138. The Labute approximate surface area is 91.5 Å². The van der Waals surface area contributed by atoms with Gasteiger partial charge in [0.1, 0.15) is 0 Å². The van der Waals surface area contributed by atoms with Crippen molar-refractivity contribution < 1.29 is 4.79 Å². The van der Waals surface area contributed by atoms with Crippen LogP contribution in [0, 0.1) is 5.92 Å². The van der Waals surface area contributed by atoms with E-state index in [0.29, 0.717) is 5.92 Å². The van der Waals surface area contributed by atoms with Crippen LogP contribution in [0.25, 0.3) is 0 Å². The molecular formula is C13H19NO. The van der Waals surface area contributed by atoms with Crippen molar-refractivity contribution >= 4 is 5.91 Å². The lowest BCUT2D eigenvalue weighted by Crippen LogP contribution is -2.23. The molecule has 0 heterocycles. The summed E-state index contributed by atoms with van der Waals surface area (Å²) >= 11 is 0. The smallest absolute Gasteiger partial charge is 0.224 e. The van der Waals surface area contributed by atoms with Crippen LogP contribution in [0.5, 0.6) is 0 Å². The third-order valence-corrected chi connectivity index (χ3v) is 2.88. The maximum atomic E-state index is 11.4. The number of carbonyl (C=O) groups is 1. The molecule has 0 aliphatic rings. The first-order chi connectivity index (χ1) is 7.15. The van der Waals surface area contributed by atoms with Gasteiger partial charge in [-0.25, -0.2) is 0 Å². The van der Waals surface area contributed by atoms with Gasteiger partial charge in [-0.2, -0.15) is 0 Å². The molecule has 2 heteroatoms. The second-order valence-corrected chi connectivity index (χ2v) is 4.11. The van der Waals surface area contributed by atoms with Crippen molar-refractivity contribution in [2.75, 3.05) is 0 Å². The molecule has 0 aliphatic heterocycles. The fraction of sp³-hybridized carbons (Fsp3) is 0.462. The van der Waals surface area contributed by atoms with Crippen molar-refractivity contribution in [3.05, 3.63) is 35.9 Å². The first-order valence-electron chi connectivity index (χ1n) is 5.49. The van der Waals surface area contributed by atoms with E-state index in [1.165, 1.54) is 0 Å². The van der Waals surface area contributed by atoms with E-state index < -0.39 is 0 Å². The number of carbonyl (C=O) groups excluding carboxylic acids is 1. The number of hydrogen-bond donors (Lipinski definition) is 1. The van der Waals surface area contributed by atoms with Crippen molar-refractivity contribution in [2.24, 2.45) is 11.7 Å². The Balaban J connectivity index is 2.80. The van der Waals surface area contributed by atoms with E-state index in [0.717, 1.165) is 18.4 Å². The van der Waals surface area contributed by atoms with Gasteiger partial charge < -0.3 is 5.73 Å². The monoisotopic (exact) mass is 205 g/mol. The number of primary amides is 1. The van der Waals surface area contributed by atoms with Gasteiger partial charge in [-0.15, -0.1) is 0 Å². The molecule has 1 amide bonds. The second-order valence-electron chi connectivity index (χ2n) is 4.11. The van der Waals surface area contributed by atoms with Crippen molar-refractivity contribution in [2.45, 2.75) is 32.6 Å². The minimum Gasteiger partial charge on any atom is -0.369 e. The number of nitrogens with two attached hydrogens (primary N) is 1. The maximum Gasteiger partial charge on any atom is 0.224 e. The fourth-order valence-corrected chi connectivity index (χ4v) is 1.67. The Morgan fingerprint density at radius 3 is 2.40 bits per heavy atom. The minimum atomic E-state index is -0.221. The van der Waals surface area contributed by atoms with Crippen LogP contribution in [-0.4, -0.2) is 5.91 Å². The summed E-state index contributed by atoms with van der Waals surface area (Å²) in [4.78, 5) is 11.4. The average Bonchev–Trinajstić information content (AvgIpc) is 2.26. The molecule has 2 unspecified atom stereocenters. The van der Waals surface area contributed by atoms with Crippen LogP contribution in [-0.2, 0) is 4.79 Å². The molecule has 0 aliphatic carbocycles. The molecule has 2 nitrogen and oxygen atoms in total. The van der Waals surface area contributed by atoms with E-state index in [1.54, 1.807) is 0 Å². The highest BCUT2D eigenvalue weighted by molar-refractivity contribution is 5.81. The summed E-state index contributed by atoms with van der Waals surface area (Å²) in [6.45, 7) is 4.28. The van der Waals surface area contributed by atoms with Gasteiger partial charge in [0.15, 0.2) is 0 Å². The maximum absolute atomic E-state index is 11.4. The van der Waals surface area contributed by atoms with Gasteiger partial charge in [-0.3, -0.25) is 4.79 Å². The summed E-state index contributed by atoms with van der Waals surface area (Å²) in [6, 6.07) is 9.78. The average molecular weight is 205 g/mol. The van der Waals surface area contributed by atoms with E-state index in [9.17, 15) is 4.79 Å². The first-order valence-corrected chi connectivity index (χ1v) is 5.49. The molecular weight excluding hydrogens is 186 g/mol. The number of rotatable bonds is 5. The molecule has 1 aromatic carbocycles. The molecule has 1 rings (SSSR count). The largest absolute Gasteiger partial charge is 0.369 e. The zero-order valence-electron chi connectivity index (χ0n) is 9.44. The molecule has 0 radical (unpaired) electrons. The van der Waals surface area contributed by atoms with Crippen LogP contribution in [0.4, 0.5) is 0 Å².